The van der Waals surface area contributed by atoms with Crippen molar-refractivity contribution in [2.24, 2.45) is 5.92 Å². The summed E-state index contributed by atoms with van der Waals surface area (Å²) >= 11 is 0. The molecule has 1 amide bonds. The van der Waals surface area contributed by atoms with Crippen LogP contribution in [-0.2, 0) is 11.2 Å². The number of benzene rings is 2. The van der Waals surface area contributed by atoms with Gasteiger partial charge in [0, 0.05) is 12.5 Å². The molecule has 2 atom stereocenters. The molecule has 0 saturated heterocycles. The van der Waals surface area contributed by atoms with Crippen molar-refractivity contribution >= 4 is 5.91 Å². The number of carbonyl (C=O) groups excluding carboxylic acids is 1. The maximum atomic E-state index is 11.9. The number of methoxy groups -OCH3 is 1. The summed E-state index contributed by atoms with van der Waals surface area (Å²) in [5.74, 6) is 2.45. The first kappa shape index (κ1) is 17.1. The SMILES string of the molecule is COc1ccc2c(c1)[C@@H](CCNC(=O)C1CC1)C[C@H](c1ccccc1)C2. The molecular weight excluding hydrogens is 322 g/mol. The molecule has 0 radical (unpaired) electrons. The van der Waals surface area contributed by atoms with Crippen LogP contribution >= 0.6 is 0 Å². The Bertz CT molecular complexity index is 767. The van der Waals surface area contributed by atoms with E-state index in [1.807, 2.05) is 0 Å². The van der Waals surface area contributed by atoms with Crippen molar-refractivity contribution in [2.45, 2.75) is 43.9 Å². The molecule has 136 valence electrons. The predicted molar refractivity (Wildman–Crippen MR) is 104 cm³/mol. The van der Waals surface area contributed by atoms with E-state index in [9.17, 15) is 4.79 Å². The zero-order valence-corrected chi connectivity index (χ0v) is 15.4. The van der Waals surface area contributed by atoms with Crippen LogP contribution < -0.4 is 10.1 Å². The van der Waals surface area contributed by atoms with Gasteiger partial charge in [0.1, 0.15) is 5.75 Å². The van der Waals surface area contributed by atoms with Crippen molar-refractivity contribution in [1.29, 1.82) is 0 Å². The monoisotopic (exact) mass is 349 g/mol. The fraction of sp³-hybridized carbons (Fsp3) is 0.435. The minimum Gasteiger partial charge on any atom is -0.497 e. The fourth-order valence-corrected chi connectivity index (χ4v) is 4.20. The molecule has 1 fully saturated rings. The molecule has 4 rings (SSSR count). The van der Waals surface area contributed by atoms with Crippen LogP contribution in [0.2, 0.25) is 0 Å². The molecule has 26 heavy (non-hydrogen) atoms. The molecule has 0 aliphatic heterocycles. The van der Waals surface area contributed by atoms with Crippen LogP contribution in [-0.4, -0.2) is 19.6 Å². The van der Waals surface area contributed by atoms with E-state index in [4.69, 9.17) is 4.74 Å². The van der Waals surface area contributed by atoms with Gasteiger partial charge in [0.2, 0.25) is 5.91 Å². The topological polar surface area (TPSA) is 38.3 Å². The first-order valence-electron chi connectivity index (χ1n) is 9.74. The van der Waals surface area contributed by atoms with Gasteiger partial charge in [-0.2, -0.15) is 0 Å². The second-order valence-corrected chi connectivity index (χ2v) is 7.66. The van der Waals surface area contributed by atoms with Crippen LogP contribution in [0.1, 0.15) is 54.2 Å². The van der Waals surface area contributed by atoms with E-state index in [1.54, 1.807) is 7.11 Å². The van der Waals surface area contributed by atoms with Gasteiger partial charge in [-0.05, 0) is 72.8 Å². The lowest BCUT2D eigenvalue weighted by atomic mass is 9.73. The van der Waals surface area contributed by atoms with Crippen LogP contribution in [0.5, 0.6) is 5.75 Å². The van der Waals surface area contributed by atoms with Gasteiger partial charge in [-0.15, -0.1) is 0 Å². The molecule has 0 spiro atoms. The number of amides is 1. The number of hydrogen-bond donors (Lipinski definition) is 1. The van der Waals surface area contributed by atoms with Crippen molar-refractivity contribution in [3.8, 4) is 5.75 Å². The predicted octanol–water partition coefficient (Wildman–Crippen LogP) is 4.43. The summed E-state index contributed by atoms with van der Waals surface area (Å²) in [5, 5.41) is 3.14. The molecule has 2 aromatic carbocycles. The first-order chi connectivity index (χ1) is 12.7. The zero-order chi connectivity index (χ0) is 17.9. The Morgan fingerprint density at radius 1 is 1.15 bits per heavy atom. The van der Waals surface area contributed by atoms with Gasteiger partial charge in [0.25, 0.3) is 0 Å². The molecule has 1 N–H and O–H groups in total. The molecule has 2 aliphatic carbocycles. The van der Waals surface area contributed by atoms with Crippen molar-refractivity contribution in [3.63, 3.8) is 0 Å². The molecule has 0 bridgehead atoms. The Morgan fingerprint density at radius 3 is 2.69 bits per heavy atom. The van der Waals surface area contributed by atoms with Gasteiger partial charge < -0.3 is 10.1 Å². The highest BCUT2D eigenvalue weighted by atomic mass is 16.5. The third-order valence-corrected chi connectivity index (χ3v) is 5.84. The Hall–Kier alpha value is -2.29. The van der Waals surface area contributed by atoms with Crippen LogP contribution in [0.25, 0.3) is 0 Å². The number of nitrogens with one attached hydrogen (secondary N) is 1. The van der Waals surface area contributed by atoms with Crippen molar-refractivity contribution in [3.05, 3.63) is 65.2 Å². The van der Waals surface area contributed by atoms with Crippen LogP contribution in [0.15, 0.2) is 48.5 Å². The Kier molecular flexibility index (Phi) is 4.96. The Morgan fingerprint density at radius 2 is 1.96 bits per heavy atom. The summed E-state index contributed by atoms with van der Waals surface area (Å²) < 4.78 is 5.45. The van der Waals surface area contributed by atoms with E-state index < -0.39 is 0 Å². The van der Waals surface area contributed by atoms with Crippen molar-refractivity contribution < 1.29 is 9.53 Å². The minimum absolute atomic E-state index is 0.242. The molecule has 2 aliphatic rings. The second-order valence-electron chi connectivity index (χ2n) is 7.66. The third kappa shape index (κ3) is 3.77. The van der Waals surface area contributed by atoms with Gasteiger partial charge in [-0.25, -0.2) is 0 Å². The smallest absolute Gasteiger partial charge is 0.223 e. The van der Waals surface area contributed by atoms with E-state index >= 15 is 0 Å². The minimum atomic E-state index is 0.242. The van der Waals surface area contributed by atoms with Crippen molar-refractivity contribution in [1.82, 2.24) is 5.32 Å². The van der Waals surface area contributed by atoms with Crippen LogP contribution in [0.4, 0.5) is 0 Å². The summed E-state index contributed by atoms with van der Waals surface area (Å²) in [5.41, 5.74) is 4.24. The van der Waals surface area contributed by atoms with Gasteiger partial charge >= 0.3 is 0 Å². The average molecular weight is 349 g/mol. The van der Waals surface area contributed by atoms with Crippen LogP contribution in [0.3, 0.4) is 0 Å². The normalized spacial score (nSPS) is 21.7. The average Bonchev–Trinajstić information content (AvgIpc) is 3.53. The summed E-state index contributed by atoms with van der Waals surface area (Å²) in [7, 11) is 1.72. The Labute approximate surface area is 155 Å². The molecule has 3 nitrogen and oxygen atoms in total. The van der Waals surface area contributed by atoms with Crippen molar-refractivity contribution in [2.75, 3.05) is 13.7 Å². The quantitative estimate of drug-likeness (QED) is 0.838. The zero-order valence-electron chi connectivity index (χ0n) is 15.4. The van der Waals surface area contributed by atoms with Crippen LogP contribution in [0, 0.1) is 5.92 Å². The molecule has 0 unspecified atom stereocenters. The lowest BCUT2D eigenvalue weighted by Crippen LogP contribution is -2.28. The molecule has 3 heteroatoms. The van der Waals surface area contributed by atoms with Gasteiger partial charge in [0.15, 0.2) is 0 Å². The number of hydrogen-bond acceptors (Lipinski definition) is 2. The summed E-state index contributed by atoms with van der Waals surface area (Å²) in [6.45, 7) is 0.762. The van der Waals surface area contributed by atoms with E-state index in [2.05, 4.69) is 53.8 Å². The lowest BCUT2D eigenvalue weighted by molar-refractivity contribution is -0.122. The van der Waals surface area contributed by atoms with E-state index in [0.29, 0.717) is 11.8 Å². The Balaban J connectivity index is 1.52. The fourth-order valence-electron chi connectivity index (χ4n) is 4.20. The summed E-state index contributed by atoms with van der Waals surface area (Å²) in [6.07, 6.45) is 5.32. The number of rotatable bonds is 6. The number of carbonyl (C=O) groups is 1. The summed E-state index contributed by atoms with van der Waals surface area (Å²) in [6, 6.07) is 17.3. The third-order valence-electron chi connectivity index (χ3n) is 5.84. The molecule has 0 aromatic heterocycles. The summed E-state index contributed by atoms with van der Waals surface area (Å²) in [4.78, 5) is 11.9. The van der Waals surface area contributed by atoms with E-state index in [0.717, 1.165) is 44.4 Å². The first-order valence-corrected chi connectivity index (χ1v) is 9.74. The number of ether oxygens (including phenoxy) is 1. The van der Waals surface area contributed by atoms with Gasteiger partial charge in [-0.1, -0.05) is 36.4 Å². The van der Waals surface area contributed by atoms with E-state index in [-0.39, 0.29) is 11.8 Å². The van der Waals surface area contributed by atoms with Gasteiger partial charge in [-0.3, -0.25) is 4.79 Å². The molecular formula is C23H27NO2. The molecule has 0 heterocycles. The highest BCUT2D eigenvalue weighted by Gasteiger charge is 2.31. The highest BCUT2D eigenvalue weighted by molar-refractivity contribution is 5.80. The highest BCUT2D eigenvalue weighted by Crippen LogP contribution is 2.42. The lowest BCUT2D eigenvalue weighted by Gasteiger charge is -2.32. The standard InChI is InChI=1S/C23H27NO2/c1-26-21-10-9-18-13-20(16-5-3-2-4-6-16)14-19(22(18)15-21)11-12-24-23(25)17-7-8-17/h2-6,9-10,15,17,19-20H,7-8,11-14H2,1H3,(H,24,25)/t19-,20+/m0/s1. The maximum absolute atomic E-state index is 11.9. The number of fused-ring (bicyclic) bond motifs is 1. The molecule has 2 aromatic rings. The van der Waals surface area contributed by atoms with E-state index in [1.165, 1.54) is 16.7 Å². The maximum Gasteiger partial charge on any atom is 0.223 e. The molecule has 1 saturated carbocycles. The largest absolute Gasteiger partial charge is 0.497 e. The van der Waals surface area contributed by atoms with Gasteiger partial charge in [0.05, 0.1) is 7.11 Å². The second kappa shape index (κ2) is 7.53.